The van der Waals surface area contributed by atoms with Crippen LogP contribution in [-0.4, -0.2) is 57.0 Å². The largest absolute Gasteiger partial charge is 0.380 e. The van der Waals surface area contributed by atoms with Crippen LogP contribution >= 0.6 is 0 Å². The van der Waals surface area contributed by atoms with Gasteiger partial charge in [-0.15, -0.1) is 0 Å². The van der Waals surface area contributed by atoms with E-state index in [4.69, 9.17) is 15.2 Å². The van der Waals surface area contributed by atoms with Crippen LogP contribution in [0, 0.1) is 5.92 Å². The minimum atomic E-state index is 0.431. The van der Waals surface area contributed by atoms with Crippen molar-refractivity contribution in [1.82, 2.24) is 4.90 Å². The lowest BCUT2D eigenvalue weighted by atomic mass is 10.00. The number of nitrogens with two attached hydrogens (primary N) is 1. The van der Waals surface area contributed by atoms with E-state index in [2.05, 4.69) is 4.90 Å². The average molecular weight is 272 g/mol. The zero-order valence-electron chi connectivity index (χ0n) is 12.8. The summed E-state index contributed by atoms with van der Waals surface area (Å²) in [5.41, 5.74) is 6.14. The summed E-state index contributed by atoms with van der Waals surface area (Å²) in [4.78, 5) is 2.45. The van der Waals surface area contributed by atoms with Gasteiger partial charge in [0, 0.05) is 32.3 Å². The molecule has 0 aliphatic heterocycles. The van der Waals surface area contributed by atoms with Crippen LogP contribution in [-0.2, 0) is 9.47 Å². The summed E-state index contributed by atoms with van der Waals surface area (Å²) in [6.07, 6.45) is 5.05. The van der Waals surface area contributed by atoms with Crippen molar-refractivity contribution in [3.05, 3.63) is 0 Å². The van der Waals surface area contributed by atoms with Crippen molar-refractivity contribution in [2.75, 3.05) is 46.1 Å². The third kappa shape index (κ3) is 7.25. The van der Waals surface area contributed by atoms with Crippen LogP contribution in [0.1, 0.15) is 39.5 Å². The number of hydrogen-bond donors (Lipinski definition) is 1. The standard InChI is InChI=1S/C15H32N2O2/c1-3-18-12-10-17(11-13-19-4-2)9-8-14-6-5-7-15(14)16/h14-15H,3-13,16H2,1-2H3. The molecule has 1 saturated carbocycles. The van der Waals surface area contributed by atoms with E-state index in [1.54, 1.807) is 0 Å². The first kappa shape index (κ1) is 16.9. The molecule has 0 aromatic rings. The normalized spacial score (nSPS) is 23.4. The van der Waals surface area contributed by atoms with Gasteiger partial charge in [0.25, 0.3) is 0 Å². The molecular formula is C15H32N2O2. The van der Waals surface area contributed by atoms with E-state index in [1.165, 1.54) is 25.7 Å². The average Bonchev–Trinajstić information content (AvgIpc) is 2.81. The minimum absolute atomic E-state index is 0.431. The molecule has 2 atom stereocenters. The predicted octanol–water partition coefficient (Wildman–Crippen LogP) is 1.88. The minimum Gasteiger partial charge on any atom is -0.380 e. The molecule has 1 fully saturated rings. The molecule has 4 nitrogen and oxygen atoms in total. The second-order valence-corrected chi connectivity index (χ2v) is 5.38. The number of ether oxygens (including phenoxy) is 2. The second-order valence-electron chi connectivity index (χ2n) is 5.38. The van der Waals surface area contributed by atoms with E-state index in [1.807, 2.05) is 13.8 Å². The molecule has 0 amide bonds. The summed E-state index contributed by atoms with van der Waals surface area (Å²) < 4.78 is 10.9. The molecule has 1 aliphatic carbocycles. The molecule has 0 aromatic heterocycles. The Morgan fingerprint density at radius 1 is 1.00 bits per heavy atom. The zero-order valence-corrected chi connectivity index (χ0v) is 12.8. The Morgan fingerprint density at radius 3 is 2.11 bits per heavy atom. The van der Waals surface area contributed by atoms with Gasteiger partial charge >= 0.3 is 0 Å². The summed E-state index contributed by atoms with van der Waals surface area (Å²) in [6.45, 7) is 10.5. The summed E-state index contributed by atoms with van der Waals surface area (Å²) >= 11 is 0. The van der Waals surface area contributed by atoms with Crippen molar-refractivity contribution >= 4 is 0 Å². The lowest BCUT2D eigenvalue weighted by Crippen LogP contribution is -2.35. The van der Waals surface area contributed by atoms with Crippen molar-refractivity contribution in [3.63, 3.8) is 0 Å². The monoisotopic (exact) mass is 272 g/mol. The lowest BCUT2D eigenvalue weighted by molar-refractivity contribution is 0.0800. The highest BCUT2D eigenvalue weighted by Crippen LogP contribution is 2.26. The number of hydrogen-bond acceptors (Lipinski definition) is 4. The predicted molar refractivity (Wildman–Crippen MR) is 79.4 cm³/mol. The van der Waals surface area contributed by atoms with Gasteiger partial charge in [-0.3, -0.25) is 4.90 Å². The Labute approximate surface area is 118 Å². The van der Waals surface area contributed by atoms with Crippen LogP contribution in [0.4, 0.5) is 0 Å². The Kier molecular flexibility index (Phi) is 9.43. The third-order valence-corrected chi connectivity index (χ3v) is 4.05. The molecule has 114 valence electrons. The van der Waals surface area contributed by atoms with Crippen molar-refractivity contribution < 1.29 is 9.47 Å². The Bertz CT molecular complexity index is 204. The molecule has 0 bridgehead atoms. The van der Waals surface area contributed by atoms with Gasteiger partial charge in [0.15, 0.2) is 0 Å². The molecule has 1 rings (SSSR count). The van der Waals surface area contributed by atoms with Crippen LogP contribution < -0.4 is 5.73 Å². The van der Waals surface area contributed by atoms with E-state index >= 15 is 0 Å². The Hall–Kier alpha value is -0.160. The van der Waals surface area contributed by atoms with Gasteiger partial charge in [-0.05, 0) is 45.6 Å². The van der Waals surface area contributed by atoms with Crippen LogP contribution in [0.25, 0.3) is 0 Å². The lowest BCUT2D eigenvalue weighted by Gasteiger charge is -2.24. The van der Waals surface area contributed by atoms with Crippen LogP contribution in [0.2, 0.25) is 0 Å². The fourth-order valence-electron chi connectivity index (χ4n) is 2.78. The summed E-state index contributed by atoms with van der Waals surface area (Å²) in [5.74, 6) is 0.724. The number of rotatable bonds is 11. The van der Waals surface area contributed by atoms with E-state index in [9.17, 15) is 0 Å². The van der Waals surface area contributed by atoms with Crippen molar-refractivity contribution in [2.45, 2.75) is 45.6 Å². The summed E-state index contributed by atoms with van der Waals surface area (Å²) in [7, 11) is 0. The maximum absolute atomic E-state index is 6.14. The van der Waals surface area contributed by atoms with Gasteiger partial charge in [0.1, 0.15) is 0 Å². The SMILES string of the molecule is CCOCCN(CCOCC)CCC1CCCC1N. The molecule has 4 heteroatoms. The van der Waals surface area contributed by atoms with Gasteiger partial charge in [-0.25, -0.2) is 0 Å². The molecule has 0 spiro atoms. The summed E-state index contributed by atoms with van der Waals surface area (Å²) in [6, 6.07) is 0.431. The number of nitrogens with zero attached hydrogens (tertiary/aromatic N) is 1. The third-order valence-electron chi connectivity index (χ3n) is 4.05. The Morgan fingerprint density at radius 2 is 1.63 bits per heavy atom. The molecular weight excluding hydrogens is 240 g/mol. The first-order valence-electron chi connectivity index (χ1n) is 7.91. The first-order valence-corrected chi connectivity index (χ1v) is 7.91. The topological polar surface area (TPSA) is 47.7 Å². The van der Waals surface area contributed by atoms with E-state index < -0.39 is 0 Å². The quantitative estimate of drug-likeness (QED) is 0.583. The fourth-order valence-corrected chi connectivity index (χ4v) is 2.78. The van der Waals surface area contributed by atoms with Gasteiger partial charge < -0.3 is 15.2 Å². The van der Waals surface area contributed by atoms with Gasteiger partial charge in [0.2, 0.25) is 0 Å². The van der Waals surface area contributed by atoms with Crippen molar-refractivity contribution in [3.8, 4) is 0 Å². The molecule has 2 N–H and O–H groups in total. The first-order chi connectivity index (χ1) is 9.27. The molecule has 19 heavy (non-hydrogen) atoms. The highest BCUT2D eigenvalue weighted by Gasteiger charge is 2.23. The molecule has 0 heterocycles. The smallest absolute Gasteiger partial charge is 0.0593 e. The molecule has 0 aromatic carbocycles. The molecule has 2 unspecified atom stereocenters. The van der Waals surface area contributed by atoms with E-state index in [-0.39, 0.29) is 0 Å². The fraction of sp³-hybridized carbons (Fsp3) is 1.00. The van der Waals surface area contributed by atoms with Gasteiger partial charge in [0.05, 0.1) is 13.2 Å². The van der Waals surface area contributed by atoms with Crippen LogP contribution in [0.15, 0.2) is 0 Å². The highest BCUT2D eigenvalue weighted by atomic mass is 16.5. The molecule has 0 radical (unpaired) electrons. The van der Waals surface area contributed by atoms with Crippen molar-refractivity contribution in [1.29, 1.82) is 0 Å². The zero-order chi connectivity index (χ0) is 13.9. The maximum Gasteiger partial charge on any atom is 0.0593 e. The van der Waals surface area contributed by atoms with E-state index in [0.717, 1.165) is 52.0 Å². The highest BCUT2D eigenvalue weighted by molar-refractivity contribution is 4.80. The summed E-state index contributed by atoms with van der Waals surface area (Å²) in [5, 5.41) is 0. The van der Waals surface area contributed by atoms with Crippen LogP contribution in [0.5, 0.6) is 0 Å². The van der Waals surface area contributed by atoms with Gasteiger partial charge in [-0.2, -0.15) is 0 Å². The van der Waals surface area contributed by atoms with Gasteiger partial charge in [-0.1, -0.05) is 6.42 Å². The Balaban J connectivity index is 2.21. The van der Waals surface area contributed by atoms with E-state index in [0.29, 0.717) is 6.04 Å². The van der Waals surface area contributed by atoms with Crippen LogP contribution in [0.3, 0.4) is 0 Å². The molecule has 0 saturated heterocycles. The second kappa shape index (κ2) is 10.6. The maximum atomic E-state index is 6.14. The molecule has 1 aliphatic rings. The van der Waals surface area contributed by atoms with Crippen molar-refractivity contribution in [2.24, 2.45) is 11.7 Å².